The zero-order valence-electron chi connectivity index (χ0n) is 15.7. The summed E-state index contributed by atoms with van der Waals surface area (Å²) in [7, 11) is 0. The molecule has 1 aliphatic heterocycles. The maximum atomic E-state index is 13.0. The van der Waals surface area contributed by atoms with E-state index in [2.05, 4.69) is 9.84 Å². The Labute approximate surface area is 178 Å². The molecule has 0 aliphatic carbocycles. The number of nitrogens with two attached hydrogens (primary N) is 1. The van der Waals surface area contributed by atoms with Crippen LogP contribution in [0.3, 0.4) is 0 Å². The molecule has 1 unspecified atom stereocenters. The molecule has 0 spiro atoms. The number of benzene rings is 2. The highest BCUT2D eigenvalue weighted by atomic mass is 35.5. The molecular formula is C19H16ClF5N4O2. The minimum absolute atomic E-state index is 0.220. The first-order valence-electron chi connectivity index (χ1n) is 8.80. The molecule has 0 aromatic heterocycles. The van der Waals surface area contributed by atoms with Crippen LogP contribution < -0.4 is 10.7 Å². The average molecular weight is 463 g/mol. The zero-order chi connectivity index (χ0) is 22.8. The molecule has 1 aliphatic rings. The van der Waals surface area contributed by atoms with E-state index in [-0.39, 0.29) is 5.84 Å². The quantitative estimate of drug-likeness (QED) is 0.495. The van der Waals surface area contributed by atoms with E-state index in [1.807, 2.05) is 0 Å². The number of anilines is 1. The number of halogens is 6. The lowest BCUT2D eigenvalue weighted by atomic mass is 10.1. The number of carbonyl (C=O) groups is 1. The molecule has 166 valence electrons. The van der Waals surface area contributed by atoms with Crippen molar-refractivity contribution in [3.05, 3.63) is 65.7 Å². The van der Waals surface area contributed by atoms with E-state index in [1.54, 1.807) is 36.4 Å². The lowest BCUT2D eigenvalue weighted by Gasteiger charge is -2.27. The predicted octanol–water partition coefficient (Wildman–Crippen LogP) is 4.17. The van der Waals surface area contributed by atoms with Crippen molar-refractivity contribution >= 4 is 29.2 Å². The Hall–Kier alpha value is -2.92. The summed E-state index contributed by atoms with van der Waals surface area (Å²) < 4.78 is 68.5. The molecule has 2 aromatic rings. The van der Waals surface area contributed by atoms with E-state index >= 15 is 0 Å². The summed E-state index contributed by atoms with van der Waals surface area (Å²) in [4.78, 5) is 11.7. The molecule has 0 bridgehead atoms. The minimum Gasteiger partial charge on any atom is -0.370 e. The fourth-order valence-corrected chi connectivity index (χ4v) is 3.14. The lowest BCUT2D eigenvalue weighted by molar-refractivity contribution is -0.297. The Balaban J connectivity index is 1.83. The first kappa shape index (κ1) is 22.8. The molecule has 0 saturated carbocycles. The Kier molecular flexibility index (Phi) is 6.37. The molecule has 1 heterocycles. The largest absolute Gasteiger partial charge is 0.455 e. The lowest BCUT2D eigenvalue weighted by Crippen LogP contribution is -2.40. The summed E-state index contributed by atoms with van der Waals surface area (Å²) in [6, 6.07) is 14.9. The summed E-state index contributed by atoms with van der Waals surface area (Å²) in [6.07, 6.45) is -6.45. The van der Waals surface area contributed by atoms with Crippen molar-refractivity contribution in [2.45, 2.75) is 24.9 Å². The Morgan fingerprint density at radius 2 is 1.77 bits per heavy atom. The Bertz CT molecular complexity index is 971. The van der Waals surface area contributed by atoms with Crippen molar-refractivity contribution in [2.24, 2.45) is 10.8 Å². The highest BCUT2D eigenvalue weighted by molar-refractivity contribution is 6.45. The van der Waals surface area contributed by atoms with Gasteiger partial charge in [-0.15, -0.1) is 5.10 Å². The number of primary amides is 1. The summed E-state index contributed by atoms with van der Waals surface area (Å²) in [6.45, 7) is -2.31. The smallest absolute Gasteiger partial charge is 0.370 e. The number of carbonyl (C=O) groups excluding carboxylic acids is 1. The van der Waals surface area contributed by atoms with Gasteiger partial charge in [0.2, 0.25) is 5.84 Å². The van der Waals surface area contributed by atoms with Crippen LogP contribution in [0.4, 0.5) is 27.6 Å². The van der Waals surface area contributed by atoms with E-state index in [0.717, 1.165) is 4.42 Å². The number of nitrogens with zero attached hydrogens (tertiary/aromatic N) is 3. The van der Waals surface area contributed by atoms with E-state index in [0.29, 0.717) is 16.8 Å². The highest BCUT2D eigenvalue weighted by Gasteiger charge is 2.57. The molecule has 1 atom stereocenters. The number of amides is 1. The average Bonchev–Trinajstić information content (AvgIpc) is 3.05. The van der Waals surface area contributed by atoms with Crippen molar-refractivity contribution in [2.75, 3.05) is 11.6 Å². The van der Waals surface area contributed by atoms with Crippen LogP contribution in [0, 0.1) is 0 Å². The second kappa shape index (κ2) is 8.67. The molecule has 2 N–H and O–H groups in total. The standard InChI is InChI=1S/C19H16ClF5N4O2/c20-28-16(15(26)30)27-29(17(28)13-6-2-1-3-7-13)14-8-4-5-12(9-14)10-31-11-18(21,22)19(23,24)25/h1-9,17H,10-11H2,(H2,26,30). The van der Waals surface area contributed by atoms with Gasteiger partial charge in [-0.1, -0.05) is 42.5 Å². The summed E-state index contributed by atoms with van der Waals surface area (Å²) >= 11 is 6.28. The van der Waals surface area contributed by atoms with Crippen molar-refractivity contribution < 1.29 is 31.5 Å². The van der Waals surface area contributed by atoms with E-state index in [4.69, 9.17) is 17.5 Å². The molecule has 6 nitrogen and oxygen atoms in total. The van der Waals surface area contributed by atoms with Crippen molar-refractivity contribution in [3.63, 3.8) is 0 Å². The van der Waals surface area contributed by atoms with E-state index in [1.165, 1.54) is 23.2 Å². The van der Waals surface area contributed by atoms with Gasteiger partial charge in [0.25, 0.3) is 5.91 Å². The second-order valence-corrected chi connectivity index (χ2v) is 6.96. The number of amidine groups is 1. The minimum atomic E-state index is -5.70. The van der Waals surface area contributed by atoms with Gasteiger partial charge in [-0.3, -0.25) is 4.79 Å². The molecule has 1 amide bonds. The van der Waals surface area contributed by atoms with Gasteiger partial charge >= 0.3 is 12.1 Å². The number of hydrogen-bond donors (Lipinski definition) is 1. The molecule has 0 saturated heterocycles. The maximum Gasteiger partial charge on any atom is 0.455 e. The van der Waals surface area contributed by atoms with Crippen LogP contribution in [0.1, 0.15) is 17.3 Å². The van der Waals surface area contributed by atoms with Crippen LogP contribution in [-0.4, -0.2) is 34.9 Å². The maximum absolute atomic E-state index is 13.0. The monoisotopic (exact) mass is 462 g/mol. The summed E-state index contributed by atoms with van der Waals surface area (Å²) in [5, 5.41) is 5.53. The van der Waals surface area contributed by atoms with Crippen molar-refractivity contribution in [1.29, 1.82) is 0 Å². The van der Waals surface area contributed by atoms with Crippen LogP contribution >= 0.6 is 11.8 Å². The highest BCUT2D eigenvalue weighted by Crippen LogP contribution is 2.38. The molecular weight excluding hydrogens is 447 g/mol. The van der Waals surface area contributed by atoms with Gasteiger partial charge in [-0.05, 0) is 23.3 Å². The van der Waals surface area contributed by atoms with Crippen LogP contribution in [0.25, 0.3) is 0 Å². The summed E-state index contributed by atoms with van der Waals surface area (Å²) in [5.74, 6) is -6.05. The molecule has 2 aromatic carbocycles. The van der Waals surface area contributed by atoms with Gasteiger partial charge in [0.1, 0.15) is 6.61 Å². The number of hydrazone groups is 1. The number of ether oxygens (including phenoxy) is 1. The fraction of sp³-hybridized carbons (Fsp3) is 0.263. The predicted molar refractivity (Wildman–Crippen MR) is 103 cm³/mol. The van der Waals surface area contributed by atoms with Crippen molar-refractivity contribution in [1.82, 2.24) is 4.42 Å². The van der Waals surface area contributed by atoms with Gasteiger partial charge in [0.05, 0.1) is 12.3 Å². The molecule has 12 heteroatoms. The fourth-order valence-electron chi connectivity index (χ4n) is 2.83. The van der Waals surface area contributed by atoms with Crippen LogP contribution in [0.15, 0.2) is 59.7 Å². The van der Waals surface area contributed by atoms with Crippen LogP contribution in [0.5, 0.6) is 0 Å². The van der Waals surface area contributed by atoms with Gasteiger partial charge in [0.15, 0.2) is 6.17 Å². The first-order valence-corrected chi connectivity index (χ1v) is 9.14. The van der Waals surface area contributed by atoms with Crippen LogP contribution in [0.2, 0.25) is 0 Å². The molecule has 0 radical (unpaired) electrons. The SMILES string of the molecule is NC(=O)C1=NN(c2cccc(COCC(F)(F)C(F)(F)F)c2)C(c2ccccc2)N1Cl. The van der Waals surface area contributed by atoms with E-state index in [9.17, 15) is 26.7 Å². The van der Waals surface area contributed by atoms with Gasteiger partial charge in [-0.2, -0.15) is 22.0 Å². The molecule has 0 fully saturated rings. The topological polar surface area (TPSA) is 71.2 Å². The third-order valence-corrected chi connectivity index (χ3v) is 4.66. The third-order valence-electron chi connectivity index (χ3n) is 4.31. The first-order chi connectivity index (χ1) is 14.5. The summed E-state index contributed by atoms with van der Waals surface area (Å²) in [5.41, 5.74) is 6.70. The van der Waals surface area contributed by atoms with Gasteiger partial charge in [0, 0.05) is 11.8 Å². The molecule has 3 rings (SSSR count). The number of alkyl halides is 5. The van der Waals surface area contributed by atoms with Gasteiger partial charge < -0.3 is 10.5 Å². The Morgan fingerprint density at radius 1 is 1.10 bits per heavy atom. The third kappa shape index (κ3) is 4.88. The number of rotatable bonds is 7. The second-order valence-electron chi connectivity index (χ2n) is 6.59. The number of hydrogen-bond acceptors (Lipinski definition) is 5. The molecule has 31 heavy (non-hydrogen) atoms. The van der Waals surface area contributed by atoms with Crippen molar-refractivity contribution in [3.8, 4) is 0 Å². The van der Waals surface area contributed by atoms with Crippen LogP contribution in [-0.2, 0) is 16.1 Å². The zero-order valence-corrected chi connectivity index (χ0v) is 16.4. The van der Waals surface area contributed by atoms with E-state index < -0.39 is 37.4 Å². The normalized spacial score (nSPS) is 17.1. The van der Waals surface area contributed by atoms with Gasteiger partial charge in [-0.25, -0.2) is 9.43 Å². The Morgan fingerprint density at radius 3 is 2.39 bits per heavy atom.